The number of carboxylic acid groups (broad SMARTS) is 2. The molecule has 0 unspecified atom stereocenters. The number of thioether (sulfide) groups is 1. The van der Waals surface area contributed by atoms with Crippen molar-refractivity contribution < 1.29 is 19.8 Å². The minimum absolute atomic E-state index is 0.0264. The van der Waals surface area contributed by atoms with Gasteiger partial charge in [-0.05, 0) is 12.7 Å². The first-order valence-electron chi connectivity index (χ1n) is 5.35. The van der Waals surface area contributed by atoms with Crippen LogP contribution in [0.15, 0.2) is 17.6 Å². The largest absolute Gasteiger partial charge is 0.481 e. The Hall–Kier alpha value is -2.07. The number of nitrogens with zero attached hydrogens (tertiary/aromatic N) is 2. The standard InChI is InChI=1S/C12H12N2O4S/c1-19-12-13-6-8(7-14-12)4-2-3-5-9(10(15)16)11(17)18/h6-7,9H,3,5H2,1H3,(H,15,16)(H,17,18). The highest BCUT2D eigenvalue weighted by Gasteiger charge is 2.24. The zero-order chi connectivity index (χ0) is 14.3. The topological polar surface area (TPSA) is 100 Å². The van der Waals surface area contributed by atoms with Gasteiger partial charge in [0.15, 0.2) is 11.1 Å². The zero-order valence-electron chi connectivity index (χ0n) is 10.2. The van der Waals surface area contributed by atoms with Crippen LogP contribution in [0.2, 0.25) is 0 Å². The lowest BCUT2D eigenvalue weighted by molar-refractivity contribution is -0.154. The van der Waals surface area contributed by atoms with E-state index < -0.39 is 17.9 Å². The maximum Gasteiger partial charge on any atom is 0.317 e. The lowest BCUT2D eigenvalue weighted by Crippen LogP contribution is -2.22. The third-order valence-electron chi connectivity index (χ3n) is 2.20. The highest BCUT2D eigenvalue weighted by molar-refractivity contribution is 7.98. The SMILES string of the molecule is CSc1ncc(C#CCCC(C(=O)O)C(=O)O)cn1. The Morgan fingerprint density at radius 2 is 1.89 bits per heavy atom. The molecule has 7 heteroatoms. The second-order valence-electron chi connectivity index (χ2n) is 3.53. The van der Waals surface area contributed by atoms with E-state index in [1.807, 2.05) is 6.26 Å². The van der Waals surface area contributed by atoms with E-state index in [1.54, 1.807) is 12.4 Å². The van der Waals surface area contributed by atoms with Crippen LogP contribution in [0, 0.1) is 17.8 Å². The first-order chi connectivity index (χ1) is 9.04. The van der Waals surface area contributed by atoms with Crippen molar-refractivity contribution in [3.63, 3.8) is 0 Å². The summed E-state index contributed by atoms with van der Waals surface area (Å²) in [7, 11) is 0. The highest BCUT2D eigenvalue weighted by Crippen LogP contribution is 2.08. The summed E-state index contributed by atoms with van der Waals surface area (Å²) in [5.74, 6) is 1.37. The van der Waals surface area contributed by atoms with Crippen LogP contribution >= 0.6 is 11.8 Å². The van der Waals surface area contributed by atoms with Gasteiger partial charge < -0.3 is 10.2 Å². The van der Waals surface area contributed by atoms with E-state index in [0.717, 1.165) is 0 Å². The zero-order valence-corrected chi connectivity index (χ0v) is 11.0. The van der Waals surface area contributed by atoms with Crippen molar-refractivity contribution in [3.05, 3.63) is 18.0 Å². The molecule has 0 fully saturated rings. The Kier molecular flexibility index (Phi) is 5.82. The first-order valence-corrected chi connectivity index (χ1v) is 6.57. The van der Waals surface area contributed by atoms with Gasteiger partial charge in [0.1, 0.15) is 0 Å². The second-order valence-corrected chi connectivity index (χ2v) is 4.30. The fourth-order valence-corrected chi connectivity index (χ4v) is 1.54. The molecule has 100 valence electrons. The van der Waals surface area contributed by atoms with Crippen molar-refractivity contribution in [3.8, 4) is 11.8 Å². The molecule has 0 aromatic carbocycles. The molecule has 6 nitrogen and oxygen atoms in total. The van der Waals surface area contributed by atoms with Crippen molar-refractivity contribution in [2.24, 2.45) is 5.92 Å². The van der Waals surface area contributed by atoms with Gasteiger partial charge in [-0.2, -0.15) is 0 Å². The Balaban J connectivity index is 2.54. The van der Waals surface area contributed by atoms with Crippen LogP contribution in [-0.2, 0) is 9.59 Å². The molecule has 1 rings (SSSR count). The van der Waals surface area contributed by atoms with Crippen LogP contribution in [0.25, 0.3) is 0 Å². The van der Waals surface area contributed by atoms with E-state index in [9.17, 15) is 9.59 Å². The van der Waals surface area contributed by atoms with E-state index >= 15 is 0 Å². The van der Waals surface area contributed by atoms with Crippen molar-refractivity contribution in [2.75, 3.05) is 6.26 Å². The van der Waals surface area contributed by atoms with E-state index in [2.05, 4.69) is 21.8 Å². The summed E-state index contributed by atoms with van der Waals surface area (Å²) in [6.45, 7) is 0. The molecule has 1 aromatic heterocycles. The van der Waals surface area contributed by atoms with Crippen LogP contribution in [-0.4, -0.2) is 38.4 Å². The summed E-state index contributed by atoms with van der Waals surface area (Å²) >= 11 is 1.42. The normalized spacial score (nSPS) is 9.79. The van der Waals surface area contributed by atoms with Crippen molar-refractivity contribution in [1.29, 1.82) is 0 Å². The van der Waals surface area contributed by atoms with Crippen LogP contribution in [0.3, 0.4) is 0 Å². The van der Waals surface area contributed by atoms with Crippen molar-refractivity contribution >= 4 is 23.7 Å². The summed E-state index contributed by atoms with van der Waals surface area (Å²) in [4.78, 5) is 29.3. The molecular weight excluding hydrogens is 268 g/mol. The van der Waals surface area contributed by atoms with Gasteiger partial charge in [0, 0.05) is 18.8 Å². The van der Waals surface area contributed by atoms with E-state index in [4.69, 9.17) is 10.2 Å². The van der Waals surface area contributed by atoms with Gasteiger partial charge in [-0.3, -0.25) is 9.59 Å². The number of carboxylic acids is 2. The molecule has 0 aliphatic rings. The van der Waals surface area contributed by atoms with Crippen LogP contribution in [0.1, 0.15) is 18.4 Å². The summed E-state index contributed by atoms with van der Waals surface area (Å²) < 4.78 is 0. The Labute approximate surface area is 114 Å². The molecule has 1 aromatic rings. The number of rotatable bonds is 5. The van der Waals surface area contributed by atoms with Gasteiger partial charge in [0.05, 0.1) is 5.56 Å². The maximum absolute atomic E-state index is 10.6. The molecular formula is C12H12N2O4S. The third kappa shape index (κ3) is 4.97. The first kappa shape index (κ1) is 15.0. The summed E-state index contributed by atoms with van der Waals surface area (Å²) in [6, 6.07) is 0. The molecule has 0 bridgehead atoms. The van der Waals surface area contributed by atoms with Crippen LogP contribution in [0.5, 0.6) is 0 Å². The quantitative estimate of drug-likeness (QED) is 0.360. The molecule has 0 radical (unpaired) electrons. The Morgan fingerprint density at radius 1 is 1.32 bits per heavy atom. The average molecular weight is 280 g/mol. The van der Waals surface area contributed by atoms with Gasteiger partial charge in [0.25, 0.3) is 0 Å². The number of carbonyl (C=O) groups is 2. The molecule has 0 atom stereocenters. The molecule has 19 heavy (non-hydrogen) atoms. The van der Waals surface area contributed by atoms with Gasteiger partial charge in [-0.15, -0.1) is 0 Å². The Morgan fingerprint density at radius 3 is 2.37 bits per heavy atom. The van der Waals surface area contributed by atoms with E-state index in [-0.39, 0.29) is 12.8 Å². The third-order valence-corrected chi connectivity index (χ3v) is 2.77. The van der Waals surface area contributed by atoms with E-state index in [1.165, 1.54) is 11.8 Å². The molecule has 0 aliphatic carbocycles. The molecule has 0 saturated carbocycles. The van der Waals surface area contributed by atoms with E-state index in [0.29, 0.717) is 10.7 Å². The van der Waals surface area contributed by atoms with Crippen LogP contribution in [0.4, 0.5) is 0 Å². The molecule has 2 N–H and O–H groups in total. The highest BCUT2D eigenvalue weighted by atomic mass is 32.2. The molecule has 0 amide bonds. The number of aliphatic carboxylic acids is 2. The van der Waals surface area contributed by atoms with Gasteiger partial charge >= 0.3 is 11.9 Å². The molecule has 0 spiro atoms. The number of aromatic nitrogens is 2. The minimum Gasteiger partial charge on any atom is -0.481 e. The predicted octanol–water partition coefficient (Wildman–Crippen LogP) is 1.12. The number of hydrogen-bond acceptors (Lipinski definition) is 5. The number of hydrogen-bond donors (Lipinski definition) is 2. The minimum atomic E-state index is -1.41. The molecule has 1 heterocycles. The van der Waals surface area contributed by atoms with Gasteiger partial charge in [0.2, 0.25) is 0 Å². The van der Waals surface area contributed by atoms with Gasteiger partial charge in [-0.1, -0.05) is 23.6 Å². The average Bonchev–Trinajstić information content (AvgIpc) is 2.38. The summed E-state index contributed by atoms with van der Waals surface area (Å²) in [5.41, 5.74) is 0.611. The van der Waals surface area contributed by atoms with Crippen molar-refractivity contribution in [1.82, 2.24) is 9.97 Å². The summed E-state index contributed by atoms with van der Waals surface area (Å²) in [5, 5.41) is 18.0. The molecule has 0 saturated heterocycles. The van der Waals surface area contributed by atoms with Gasteiger partial charge in [-0.25, -0.2) is 9.97 Å². The smallest absolute Gasteiger partial charge is 0.317 e. The summed E-state index contributed by atoms with van der Waals surface area (Å²) in [6.07, 6.45) is 5.16. The Bertz CT molecular complexity index is 505. The molecule has 0 aliphatic heterocycles. The van der Waals surface area contributed by atoms with Crippen LogP contribution < -0.4 is 0 Å². The monoisotopic (exact) mass is 280 g/mol. The predicted molar refractivity (Wildman–Crippen MR) is 68.7 cm³/mol. The lowest BCUT2D eigenvalue weighted by atomic mass is 10.0. The fraction of sp³-hybridized carbons (Fsp3) is 0.333. The fourth-order valence-electron chi connectivity index (χ4n) is 1.22. The lowest BCUT2D eigenvalue weighted by Gasteiger charge is -2.03. The maximum atomic E-state index is 10.6. The van der Waals surface area contributed by atoms with Crippen molar-refractivity contribution in [2.45, 2.75) is 18.0 Å². The second kappa shape index (κ2) is 7.38.